The van der Waals surface area contributed by atoms with E-state index in [0.29, 0.717) is 22.6 Å². The van der Waals surface area contributed by atoms with Crippen LogP contribution < -0.4 is 9.64 Å². The van der Waals surface area contributed by atoms with Crippen molar-refractivity contribution in [1.29, 1.82) is 5.26 Å². The number of fused-ring (bicyclic) bond motifs is 1. The largest absolute Gasteiger partial charge is 0.479 e. The van der Waals surface area contributed by atoms with Gasteiger partial charge in [-0.1, -0.05) is 12.1 Å². The van der Waals surface area contributed by atoms with Crippen LogP contribution >= 0.6 is 0 Å². The Morgan fingerprint density at radius 2 is 1.73 bits per heavy atom. The smallest absolute Gasteiger partial charge is 0.266 e. The van der Waals surface area contributed by atoms with Crippen LogP contribution in [-0.4, -0.2) is 18.4 Å². The van der Waals surface area contributed by atoms with Crippen molar-refractivity contribution < 1.29 is 14.3 Å². The van der Waals surface area contributed by atoms with Crippen LogP contribution in [-0.2, 0) is 0 Å². The molecule has 0 unspecified atom stereocenters. The molecule has 2 amide bonds. The van der Waals surface area contributed by atoms with E-state index >= 15 is 0 Å². The summed E-state index contributed by atoms with van der Waals surface area (Å²) in [4.78, 5) is 26.0. The van der Waals surface area contributed by atoms with Gasteiger partial charge in [0.15, 0.2) is 6.61 Å². The predicted molar refractivity (Wildman–Crippen MR) is 79.9 cm³/mol. The summed E-state index contributed by atoms with van der Waals surface area (Å²) in [6, 6.07) is 13.7. The monoisotopic (exact) mass is 292 g/mol. The lowest BCUT2D eigenvalue weighted by atomic mass is 10.1. The van der Waals surface area contributed by atoms with Gasteiger partial charge in [0.2, 0.25) is 0 Å². The molecule has 1 aliphatic heterocycles. The first kappa shape index (κ1) is 13.8. The van der Waals surface area contributed by atoms with Gasteiger partial charge in [-0.25, -0.2) is 4.90 Å². The van der Waals surface area contributed by atoms with Crippen LogP contribution in [0.2, 0.25) is 0 Å². The van der Waals surface area contributed by atoms with Gasteiger partial charge in [-0.05, 0) is 36.8 Å². The highest BCUT2D eigenvalue weighted by Gasteiger charge is 2.36. The van der Waals surface area contributed by atoms with Gasteiger partial charge in [0.1, 0.15) is 11.8 Å². The number of nitrogens with zero attached hydrogens (tertiary/aromatic N) is 2. The van der Waals surface area contributed by atoms with Gasteiger partial charge in [-0.3, -0.25) is 9.59 Å². The zero-order chi connectivity index (χ0) is 15.7. The van der Waals surface area contributed by atoms with Crippen molar-refractivity contribution >= 4 is 17.5 Å². The van der Waals surface area contributed by atoms with Crippen molar-refractivity contribution in [3.8, 4) is 11.8 Å². The number of carbonyl (C=O) groups excluding carboxylic acids is 2. The molecule has 0 fully saturated rings. The maximum absolute atomic E-state index is 12.5. The molecule has 0 aliphatic carbocycles. The fourth-order valence-corrected chi connectivity index (χ4v) is 2.48. The molecule has 2 aromatic rings. The van der Waals surface area contributed by atoms with E-state index in [1.165, 1.54) is 0 Å². The summed E-state index contributed by atoms with van der Waals surface area (Å²) < 4.78 is 5.27. The molecule has 1 heterocycles. The number of rotatable bonds is 3. The third-order valence-corrected chi connectivity index (χ3v) is 3.39. The van der Waals surface area contributed by atoms with Crippen LogP contribution in [0.4, 0.5) is 5.69 Å². The number of hydrogen-bond acceptors (Lipinski definition) is 4. The van der Waals surface area contributed by atoms with Crippen molar-refractivity contribution in [3.63, 3.8) is 0 Å². The molecule has 1 aliphatic rings. The van der Waals surface area contributed by atoms with Gasteiger partial charge >= 0.3 is 0 Å². The first-order valence-electron chi connectivity index (χ1n) is 6.71. The van der Waals surface area contributed by atoms with Crippen LogP contribution in [0.25, 0.3) is 0 Å². The number of hydrogen-bond donors (Lipinski definition) is 0. The predicted octanol–water partition coefficient (Wildman–Crippen LogP) is 2.70. The highest BCUT2D eigenvalue weighted by molar-refractivity contribution is 6.34. The third kappa shape index (κ3) is 2.21. The molecule has 3 rings (SSSR count). The van der Waals surface area contributed by atoms with Crippen molar-refractivity contribution in [3.05, 3.63) is 59.2 Å². The molecule has 5 nitrogen and oxygen atoms in total. The minimum absolute atomic E-state index is 0.0923. The van der Waals surface area contributed by atoms with Crippen LogP contribution in [0.15, 0.2) is 42.5 Å². The second kappa shape index (κ2) is 5.34. The second-order valence-electron chi connectivity index (χ2n) is 4.94. The van der Waals surface area contributed by atoms with Gasteiger partial charge in [-0.2, -0.15) is 5.26 Å². The topological polar surface area (TPSA) is 70.4 Å². The molecule has 0 radical (unpaired) electrons. The number of aryl methyl sites for hydroxylation is 1. The van der Waals surface area contributed by atoms with Crippen molar-refractivity contribution in [2.45, 2.75) is 6.92 Å². The van der Waals surface area contributed by atoms with E-state index in [9.17, 15) is 9.59 Å². The lowest BCUT2D eigenvalue weighted by Crippen LogP contribution is -2.29. The Labute approximate surface area is 127 Å². The number of imide groups is 1. The first-order valence-corrected chi connectivity index (χ1v) is 6.71. The highest BCUT2D eigenvalue weighted by atomic mass is 16.5. The van der Waals surface area contributed by atoms with E-state index in [-0.39, 0.29) is 18.4 Å². The number of amides is 2. The van der Waals surface area contributed by atoms with E-state index < -0.39 is 0 Å². The maximum Gasteiger partial charge on any atom is 0.266 e. The SMILES string of the molecule is Cc1cc(OCC#N)cc(N2C(=O)c3ccccc3C2=O)c1. The average molecular weight is 292 g/mol. The second-order valence-corrected chi connectivity index (χ2v) is 4.94. The van der Waals surface area contributed by atoms with Crippen molar-refractivity contribution in [2.24, 2.45) is 0 Å². The number of carbonyl (C=O) groups is 2. The number of benzene rings is 2. The van der Waals surface area contributed by atoms with Crippen molar-refractivity contribution in [1.82, 2.24) is 0 Å². The molecule has 108 valence electrons. The van der Waals surface area contributed by atoms with Crippen LogP contribution in [0.1, 0.15) is 26.3 Å². The Morgan fingerprint density at radius 1 is 1.09 bits per heavy atom. The molecular formula is C17H12N2O3. The average Bonchev–Trinajstić information content (AvgIpc) is 2.77. The molecule has 0 spiro atoms. The summed E-state index contributed by atoms with van der Waals surface area (Å²) >= 11 is 0. The maximum atomic E-state index is 12.5. The molecule has 0 saturated heterocycles. The quantitative estimate of drug-likeness (QED) is 0.815. The van der Waals surface area contributed by atoms with Gasteiger partial charge in [0, 0.05) is 6.07 Å². The summed E-state index contributed by atoms with van der Waals surface area (Å²) in [5.74, 6) is -0.247. The lowest BCUT2D eigenvalue weighted by Gasteiger charge is -2.16. The highest BCUT2D eigenvalue weighted by Crippen LogP contribution is 2.31. The van der Waals surface area contributed by atoms with E-state index in [2.05, 4.69) is 0 Å². The molecule has 5 heteroatoms. The normalized spacial score (nSPS) is 13.0. The van der Waals surface area contributed by atoms with Crippen LogP contribution in [0, 0.1) is 18.3 Å². The summed E-state index contributed by atoms with van der Waals surface area (Å²) in [5, 5.41) is 8.59. The number of anilines is 1. The Morgan fingerprint density at radius 3 is 2.32 bits per heavy atom. The minimum Gasteiger partial charge on any atom is -0.479 e. The van der Waals surface area contributed by atoms with Gasteiger partial charge in [0.25, 0.3) is 11.8 Å². The molecule has 0 N–H and O–H groups in total. The van der Waals surface area contributed by atoms with Gasteiger partial charge in [-0.15, -0.1) is 0 Å². The standard InChI is InChI=1S/C17H12N2O3/c1-11-8-12(10-13(9-11)22-7-6-18)19-16(20)14-4-2-3-5-15(14)17(19)21/h2-5,8-10H,7H2,1H3. The van der Waals surface area contributed by atoms with Crippen LogP contribution in [0.5, 0.6) is 5.75 Å². The van der Waals surface area contributed by atoms with Gasteiger partial charge in [0.05, 0.1) is 16.8 Å². The molecule has 0 saturated carbocycles. The summed E-state index contributed by atoms with van der Waals surface area (Å²) in [7, 11) is 0. The van der Waals surface area contributed by atoms with Crippen LogP contribution in [0.3, 0.4) is 0 Å². The summed E-state index contributed by atoms with van der Waals surface area (Å²) in [6.07, 6.45) is 0. The van der Waals surface area contributed by atoms with Gasteiger partial charge < -0.3 is 4.74 Å². The lowest BCUT2D eigenvalue weighted by molar-refractivity contribution is 0.0926. The van der Waals surface area contributed by atoms with E-state index in [1.54, 1.807) is 42.5 Å². The third-order valence-electron chi connectivity index (χ3n) is 3.39. The Balaban J connectivity index is 2.02. The molecular weight excluding hydrogens is 280 g/mol. The Kier molecular flexibility index (Phi) is 3.36. The molecule has 0 atom stereocenters. The van der Waals surface area contributed by atoms with Crippen molar-refractivity contribution in [2.75, 3.05) is 11.5 Å². The Bertz CT molecular complexity index is 786. The zero-order valence-electron chi connectivity index (χ0n) is 11.9. The summed E-state index contributed by atoms with van der Waals surface area (Å²) in [5.41, 5.74) is 2.07. The van der Waals surface area contributed by atoms with E-state index in [1.807, 2.05) is 13.0 Å². The molecule has 22 heavy (non-hydrogen) atoms. The van der Waals surface area contributed by atoms with E-state index in [0.717, 1.165) is 10.5 Å². The number of ether oxygens (including phenoxy) is 1. The Hall–Kier alpha value is -3.13. The molecule has 0 aromatic heterocycles. The van der Waals surface area contributed by atoms with E-state index in [4.69, 9.17) is 10.00 Å². The summed E-state index contributed by atoms with van der Waals surface area (Å²) in [6.45, 7) is 1.74. The fraction of sp³-hybridized carbons (Fsp3) is 0.118. The number of nitriles is 1. The molecule has 0 bridgehead atoms. The molecule has 2 aromatic carbocycles. The first-order chi connectivity index (χ1) is 10.6. The minimum atomic E-state index is -0.350. The zero-order valence-corrected chi connectivity index (χ0v) is 11.9. The fourth-order valence-electron chi connectivity index (χ4n) is 2.48.